The summed E-state index contributed by atoms with van der Waals surface area (Å²) in [5.74, 6) is -0.390. The van der Waals surface area contributed by atoms with Crippen molar-refractivity contribution < 1.29 is 9.90 Å². The number of aromatic carboxylic acids is 1. The third-order valence-corrected chi connectivity index (χ3v) is 4.90. The SMILES string of the molecule is CCn1cc(CN2CCC[C@H](c3ccc(C(=O)O)cc3)C2)c(C)n1. The van der Waals surface area contributed by atoms with Crippen LogP contribution in [0.3, 0.4) is 0 Å². The van der Waals surface area contributed by atoms with Gasteiger partial charge in [0, 0.05) is 31.4 Å². The number of rotatable bonds is 5. The molecule has 1 N–H and O–H groups in total. The van der Waals surface area contributed by atoms with E-state index in [4.69, 9.17) is 5.11 Å². The number of carboxylic acids is 1. The van der Waals surface area contributed by atoms with Gasteiger partial charge in [0.25, 0.3) is 0 Å². The van der Waals surface area contributed by atoms with Crippen LogP contribution >= 0.6 is 0 Å². The summed E-state index contributed by atoms with van der Waals surface area (Å²) in [7, 11) is 0. The lowest BCUT2D eigenvalue weighted by Gasteiger charge is -2.33. The molecule has 3 rings (SSSR count). The van der Waals surface area contributed by atoms with Crippen LogP contribution in [0.4, 0.5) is 0 Å². The van der Waals surface area contributed by atoms with Crippen LogP contribution in [0.2, 0.25) is 0 Å². The lowest BCUT2D eigenvalue weighted by molar-refractivity contribution is 0.0697. The number of nitrogens with zero attached hydrogens (tertiary/aromatic N) is 3. The number of carbonyl (C=O) groups is 1. The minimum atomic E-state index is -0.866. The van der Waals surface area contributed by atoms with E-state index in [0.29, 0.717) is 11.5 Å². The first kappa shape index (κ1) is 16.7. The number of piperidine rings is 1. The van der Waals surface area contributed by atoms with E-state index in [1.807, 2.05) is 16.8 Å². The van der Waals surface area contributed by atoms with E-state index >= 15 is 0 Å². The van der Waals surface area contributed by atoms with Crippen molar-refractivity contribution in [1.29, 1.82) is 0 Å². The predicted octanol–water partition coefficient (Wildman–Crippen LogP) is 3.29. The van der Waals surface area contributed by atoms with Gasteiger partial charge in [0.2, 0.25) is 0 Å². The molecule has 0 bridgehead atoms. The average Bonchev–Trinajstić information content (AvgIpc) is 2.95. The zero-order valence-corrected chi connectivity index (χ0v) is 14.4. The number of aromatic nitrogens is 2. The highest BCUT2D eigenvalue weighted by Crippen LogP contribution is 2.28. The average molecular weight is 327 g/mol. The Balaban J connectivity index is 1.67. The third-order valence-electron chi connectivity index (χ3n) is 4.90. The van der Waals surface area contributed by atoms with E-state index < -0.39 is 5.97 Å². The molecule has 1 atom stereocenters. The van der Waals surface area contributed by atoms with Crippen LogP contribution in [0.15, 0.2) is 30.5 Å². The molecule has 1 fully saturated rings. The summed E-state index contributed by atoms with van der Waals surface area (Å²) in [6.45, 7) is 8.15. The van der Waals surface area contributed by atoms with Crippen LogP contribution < -0.4 is 0 Å². The Labute approximate surface area is 142 Å². The van der Waals surface area contributed by atoms with E-state index in [1.54, 1.807) is 12.1 Å². The number of carboxylic acid groups (broad SMARTS) is 1. The fourth-order valence-electron chi connectivity index (χ4n) is 3.49. The first-order chi connectivity index (χ1) is 11.6. The van der Waals surface area contributed by atoms with Crippen molar-refractivity contribution >= 4 is 5.97 Å². The van der Waals surface area contributed by atoms with Gasteiger partial charge in [0.05, 0.1) is 11.3 Å². The molecular weight excluding hydrogens is 302 g/mol. The van der Waals surface area contributed by atoms with Crippen molar-refractivity contribution in [2.24, 2.45) is 0 Å². The fraction of sp³-hybridized carbons (Fsp3) is 0.474. The molecule has 5 nitrogen and oxygen atoms in total. The molecule has 1 aliphatic heterocycles. The number of hydrogen-bond acceptors (Lipinski definition) is 3. The topological polar surface area (TPSA) is 58.4 Å². The second-order valence-corrected chi connectivity index (χ2v) is 6.60. The summed E-state index contributed by atoms with van der Waals surface area (Å²) < 4.78 is 2.00. The molecule has 0 spiro atoms. The first-order valence-electron chi connectivity index (χ1n) is 8.65. The van der Waals surface area contributed by atoms with Gasteiger partial charge in [-0.05, 0) is 56.8 Å². The van der Waals surface area contributed by atoms with Gasteiger partial charge in [0.15, 0.2) is 0 Å². The van der Waals surface area contributed by atoms with E-state index in [0.717, 1.165) is 38.3 Å². The summed E-state index contributed by atoms with van der Waals surface area (Å²) in [5, 5.41) is 13.6. The van der Waals surface area contributed by atoms with Gasteiger partial charge in [-0.3, -0.25) is 9.58 Å². The Bertz CT molecular complexity index is 706. The summed E-state index contributed by atoms with van der Waals surface area (Å²) in [6.07, 6.45) is 4.49. The second-order valence-electron chi connectivity index (χ2n) is 6.60. The number of likely N-dealkylation sites (tertiary alicyclic amines) is 1. The summed E-state index contributed by atoms with van der Waals surface area (Å²) in [6, 6.07) is 7.37. The van der Waals surface area contributed by atoms with E-state index in [2.05, 4.69) is 30.0 Å². The van der Waals surface area contributed by atoms with Crippen LogP contribution in [0.25, 0.3) is 0 Å². The fourth-order valence-corrected chi connectivity index (χ4v) is 3.49. The summed E-state index contributed by atoms with van der Waals surface area (Å²) in [4.78, 5) is 13.5. The van der Waals surface area contributed by atoms with Crippen LogP contribution in [0.1, 0.15) is 52.9 Å². The smallest absolute Gasteiger partial charge is 0.335 e. The highest BCUT2D eigenvalue weighted by molar-refractivity contribution is 5.87. The van der Waals surface area contributed by atoms with Gasteiger partial charge in [-0.15, -0.1) is 0 Å². The number of aryl methyl sites for hydroxylation is 2. The molecule has 0 radical (unpaired) electrons. The maximum absolute atomic E-state index is 11.0. The lowest BCUT2D eigenvalue weighted by atomic mass is 9.90. The Morgan fingerprint density at radius 2 is 2.08 bits per heavy atom. The molecule has 1 aromatic heterocycles. The first-order valence-corrected chi connectivity index (χ1v) is 8.65. The molecule has 1 aromatic carbocycles. The van der Waals surface area contributed by atoms with Crippen molar-refractivity contribution in [2.45, 2.75) is 45.7 Å². The largest absolute Gasteiger partial charge is 0.478 e. The van der Waals surface area contributed by atoms with Gasteiger partial charge >= 0.3 is 5.97 Å². The molecule has 0 unspecified atom stereocenters. The Hall–Kier alpha value is -2.14. The van der Waals surface area contributed by atoms with E-state index in [-0.39, 0.29) is 0 Å². The van der Waals surface area contributed by atoms with Crippen LogP contribution in [-0.4, -0.2) is 38.8 Å². The molecule has 1 aliphatic rings. The van der Waals surface area contributed by atoms with Gasteiger partial charge in [-0.2, -0.15) is 5.10 Å². The molecule has 5 heteroatoms. The van der Waals surface area contributed by atoms with Gasteiger partial charge in [-0.25, -0.2) is 4.79 Å². The quantitative estimate of drug-likeness (QED) is 0.915. The zero-order valence-electron chi connectivity index (χ0n) is 14.4. The maximum Gasteiger partial charge on any atom is 0.335 e. The zero-order chi connectivity index (χ0) is 17.1. The van der Waals surface area contributed by atoms with E-state index in [1.165, 1.54) is 17.5 Å². The van der Waals surface area contributed by atoms with Crippen molar-refractivity contribution in [3.05, 3.63) is 52.8 Å². The lowest BCUT2D eigenvalue weighted by Crippen LogP contribution is -2.34. The third kappa shape index (κ3) is 3.67. The highest BCUT2D eigenvalue weighted by atomic mass is 16.4. The molecule has 0 amide bonds. The normalized spacial score (nSPS) is 18.7. The Kier molecular flexibility index (Phi) is 5.00. The van der Waals surface area contributed by atoms with Gasteiger partial charge in [-0.1, -0.05) is 12.1 Å². The Morgan fingerprint density at radius 1 is 1.33 bits per heavy atom. The van der Waals surface area contributed by atoms with Gasteiger partial charge < -0.3 is 5.11 Å². The predicted molar refractivity (Wildman–Crippen MR) is 93.3 cm³/mol. The van der Waals surface area contributed by atoms with Crippen molar-refractivity contribution in [2.75, 3.05) is 13.1 Å². The molecule has 0 aliphatic carbocycles. The molecule has 128 valence electrons. The van der Waals surface area contributed by atoms with Crippen molar-refractivity contribution in [3.63, 3.8) is 0 Å². The molecule has 2 aromatic rings. The monoisotopic (exact) mass is 327 g/mol. The molecule has 24 heavy (non-hydrogen) atoms. The van der Waals surface area contributed by atoms with Crippen LogP contribution in [0.5, 0.6) is 0 Å². The number of benzene rings is 1. The van der Waals surface area contributed by atoms with Crippen LogP contribution in [-0.2, 0) is 13.1 Å². The van der Waals surface area contributed by atoms with Crippen LogP contribution in [0, 0.1) is 6.92 Å². The van der Waals surface area contributed by atoms with Crippen molar-refractivity contribution in [3.8, 4) is 0 Å². The molecular formula is C19H25N3O2. The number of hydrogen-bond donors (Lipinski definition) is 1. The standard InChI is InChI=1S/C19H25N3O2/c1-3-22-13-18(14(2)20-22)12-21-10-4-5-17(11-21)15-6-8-16(9-7-15)19(23)24/h6-9,13,17H,3-5,10-12H2,1-2H3,(H,23,24)/t17-/m0/s1. The van der Waals surface area contributed by atoms with Crippen molar-refractivity contribution in [1.82, 2.24) is 14.7 Å². The minimum Gasteiger partial charge on any atom is -0.478 e. The maximum atomic E-state index is 11.0. The highest BCUT2D eigenvalue weighted by Gasteiger charge is 2.22. The summed E-state index contributed by atoms with van der Waals surface area (Å²) >= 11 is 0. The minimum absolute atomic E-state index is 0.356. The van der Waals surface area contributed by atoms with Gasteiger partial charge in [0.1, 0.15) is 0 Å². The molecule has 2 heterocycles. The molecule has 1 saturated heterocycles. The molecule has 0 saturated carbocycles. The Morgan fingerprint density at radius 3 is 2.71 bits per heavy atom. The van der Waals surface area contributed by atoms with E-state index in [9.17, 15) is 4.79 Å². The second kappa shape index (κ2) is 7.18. The summed E-state index contributed by atoms with van der Waals surface area (Å²) in [5.41, 5.74) is 4.02.